The van der Waals surface area contributed by atoms with E-state index in [-0.39, 0.29) is 4.75 Å². The zero-order valence-corrected chi connectivity index (χ0v) is 8.89. The maximum atomic E-state index is 9.21. The SMILES string of the molecule is N#CC1(Sc2ccccc2)CCCC1. The van der Waals surface area contributed by atoms with Gasteiger partial charge in [-0.2, -0.15) is 5.26 Å². The van der Waals surface area contributed by atoms with E-state index in [2.05, 4.69) is 18.2 Å². The van der Waals surface area contributed by atoms with Crippen molar-refractivity contribution in [3.8, 4) is 6.07 Å². The second kappa shape index (κ2) is 4.06. The van der Waals surface area contributed by atoms with Gasteiger partial charge in [0.1, 0.15) is 4.75 Å². The number of nitriles is 1. The zero-order chi connectivity index (χ0) is 9.86. The largest absolute Gasteiger partial charge is 0.197 e. The van der Waals surface area contributed by atoms with Crippen LogP contribution in [0.25, 0.3) is 0 Å². The van der Waals surface area contributed by atoms with Crippen LogP contribution in [0.15, 0.2) is 35.2 Å². The van der Waals surface area contributed by atoms with Gasteiger partial charge in [-0.05, 0) is 25.0 Å². The molecule has 1 aromatic rings. The lowest BCUT2D eigenvalue weighted by Crippen LogP contribution is -2.16. The van der Waals surface area contributed by atoms with E-state index in [1.54, 1.807) is 11.8 Å². The van der Waals surface area contributed by atoms with Crippen LogP contribution in [-0.2, 0) is 0 Å². The minimum absolute atomic E-state index is 0.138. The van der Waals surface area contributed by atoms with Gasteiger partial charge in [0.05, 0.1) is 6.07 Å². The Labute approximate surface area is 89.1 Å². The maximum absolute atomic E-state index is 9.21. The summed E-state index contributed by atoms with van der Waals surface area (Å²) in [4.78, 5) is 1.22. The molecule has 1 fully saturated rings. The molecule has 0 aromatic heterocycles. The summed E-state index contributed by atoms with van der Waals surface area (Å²) in [5.41, 5.74) is 0. The van der Waals surface area contributed by atoms with E-state index in [1.165, 1.54) is 17.7 Å². The Morgan fingerprint density at radius 1 is 1.14 bits per heavy atom. The molecule has 0 bridgehead atoms. The molecule has 72 valence electrons. The summed E-state index contributed by atoms with van der Waals surface area (Å²) in [6, 6.07) is 12.7. The molecule has 0 heterocycles. The summed E-state index contributed by atoms with van der Waals surface area (Å²) >= 11 is 1.74. The smallest absolute Gasteiger partial charge is 0.107 e. The number of rotatable bonds is 2. The molecule has 1 saturated carbocycles. The van der Waals surface area contributed by atoms with Crippen molar-refractivity contribution >= 4 is 11.8 Å². The predicted molar refractivity (Wildman–Crippen MR) is 59.1 cm³/mol. The van der Waals surface area contributed by atoms with Crippen LogP contribution in [-0.4, -0.2) is 4.75 Å². The molecule has 0 radical (unpaired) electrons. The molecular weight excluding hydrogens is 190 g/mol. The standard InChI is InChI=1S/C12H13NS/c13-10-12(8-4-5-9-12)14-11-6-2-1-3-7-11/h1-3,6-7H,4-5,8-9H2. The van der Waals surface area contributed by atoms with Crippen molar-refractivity contribution in [3.63, 3.8) is 0 Å². The minimum atomic E-state index is -0.138. The molecule has 0 aliphatic heterocycles. The first kappa shape index (κ1) is 9.61. The Morgan fingerprint density at radius 3 is 2.36 bits per heavy atom. The van der Waals surface area contributed by atoms with Crippen LogP contribution in [0.1, 0.15) is 25.7 Å². The molecule has 0 unspecified atom stereocenters. The highest BCUT2D eigenvalue weighted by Gasteiger charge is 2.34. The topological polar surface area (TPSA) is 23.8 Å². The molecule has 1 nitrogen and oxygen atoms in total. The minimum Gasteiger partial charge on any atom is -0.197 e. The number of hydrogen-bond donors (Lipinski definition) is 0. The van der Waals surface area contributed by atoms with Crippen LogP contribution in [0, 0.1) is 11.3 Å². The van der Waals surface area contributed by atoms with Crippen molar-refractivity contribution in [2.75, 3.05) is 0 Å². The van der Waals surface area contributed by atoms with E-state index in [0.29, 0.717) is 0 Å². The Balaban J connectivity index is 2.13. The fourth-order valence-corrected chi connectivity index (χ4v) is 3.18. The third kappa shape index (κ3) is 1.93. The van der Waals surface area contributed by atoms with Gasteiger partial charge >= 0.3 is 0 Å². The van der Waals surface area contributed by atoms with Gasteiger partial charge in [0, 0.05) is 4.90 Å². The molecule has 14 heavy (non-hydrogen) atoms. The van der Waals surface area contributed by atoms with Crippen LogP contribution >= 0.6 is 11.8 Å². The molecule has 0 atom stereocenters. The van der Waals surface area contributed by atoms with E-state index >= 15 is 0 Å². The number of benzene rings is 1. The predicted octanol–water partition coefficient (Wildman–Crippen LogP) is 3.62. The van der Waals surface area contributed by atoms with Crippen molar-refractivity contribution in [3.05, 3.63) is 30.3 Å². The first-order valence-electron chi connectivity index (χ1n) is 5.00. The van der Waals surface area contributed by atoms with Crippen LogP contribution in [0.2, 0.25) is 0 Å². The van der Waals surface area contributed by atoms with Crippen LogP contribution < -0.4 is 0 Å². The maximum Gasteiger partial charge on any atom is 0.107 e. The van der Waals surface area contributed by atoms with E-state index in [9.17, 15) is 5.26 Å². The van der Waals surface area contributed by atoms with Crippen LogP contribution in [0.4, 0.5) is 0 Å². The molecule has 1 aliphatic carbocycles. The lowest BCUT2D eigenvalue weighted by atomic mass is 10.1. The van der Waals surface area contributed by atoms with Crippen molar-refractivity contribution in [1.82, 2.24) is 0 Å². The molecule has 2 heteroatoms. The van der Waals surface area contributed by atoms with E-state index in [1.807, 2.05) is 18.2 Å². The van der Waals surface area contributed by atoms with Gasteiger partial charge in [-0.25, -0.2) is 0 Å². The van der Waals surface area contributed by atoms with Crippen molar-refractivity contribution in [2.45, 2.75) is 35.3 Å². The summed E-state index contributed by atoms with van der Waals surface area (Å²) < 4.78 is -0.138. The Kier molecular flexibility index (Phi) is 2.79. The Hall–Kier alpha value is -0.940. The van der Waals surface area contributed by atoms with Gasteiger partial charge < -0.3 is 0 Å². The van der Waals surface area contributed by atoms with E-state index < -0.39 is 0 Å². The first-order chi connectivity index (χ1) is 6.85. The van der Waals surface area contributed by atoms with Crippen LogP contribution in [0.5, 0.6) is 0 Å². The molecule has 1 aliphatic rings. The van der Waals surface area contributed by atoms with Crippen LogP contribution in [0.3, 0.4) is 0 Å². The van der Waals surface area contributed by atoms with E-state index in [4.69, 9.17) is 0 Å². The normalized spacial score (nSPS) is 19.1. The first-order valence-corrected chi connectivity index (χ1v) is 5.82. The fraction of sp³-hybridized carbons (Fsp3) is 0.417. The third-order valence-corrected chi connectivity index (χ3v) is 4.07. The monoisotopic (exact) mass is 203 g/mol. The highest BCUT2D eigenvalue weighted by atomic mass is 32.2. The molecule has 0 N–H and O–H groups in total. The highest BCUT2D eigenvalue weighted by molar-refractivity contribution is 8.01. The summed E-state index contributed by atoms with van der Waals surface area (Å²) in [5.74, 6) is 0. The quantitative estimate of drug-likeness (QED) is 0.733. The molecular formula is C12H13NS. The molecule has 2 rings (SSSR count). The van der Waals surface area contributed by atoms with Crippen molar-refractivity contribution in [2.24, 2.45) is 0 Å². The lowest BCUT2D eigenvalue weighted by molar-refractivity contribution is 0.759. The lowest BCUT2D eigenvalue weighted by Gasteiger charge is -2.18. The summed E-state index contributed by atoms with van der Waals surface area (Å²) in [6.07, 6.45) is 4.49. The Morgan fingerprint density at radius 2 is 1.79 bits per heavy atom. The van der Waals surface area contributed by atoms with Gasteiger partial charge in [-0.1, -0.05) is 31.0 Å². The molecule has 1 aromatic carbocycles. The van der Waals surface area contributed by atoms with Crippen molar-refractivity contribution in [1.29, 1.82) is 5.26 Å². The average Bonchev–Trinajstić information content (AvgIpc) is 2.69. The van der Waals surface area contributed by atoms with Gasteiger partial charge in [0.25, 0.3) is 0 Å². The molecule has 0 amide bonds. The zero-order valence-electron chi connectivity index (χ0n) is 8.07. The van der Waals surface area contributed by atoms with E-state index in [0.717, 1.165) is 12.8 Å². The third-order valence-electron chi connectivity index (χ3n) is 2.67. The van der Waals surface area contributed by atoms with Gasteiger partial charge in [-0.15, -0.1) is 11.8 Å². The Bertz CT molecular complexity index is 333. The summed E-state index contributed by atoms with van der Waals surface area (Å²) in [5, 5.41) is 9.21. The number of nitrogens with zero attached hydrogens (tertiary/aromatic N) is 1. The van der Waals surface area contributed by atoms with Gasteiger partial charge in [0.2, 0.25) is 0 Å². The number of thioether (sulfide) groups is 1. The number of hydrogen-bond acceptors (Lipinski definition) is 2. The average molecular weight is 203 g/mol. The fourth-order valence-electron chi connectivity index (χ4n) is 1.90. The second-order valence-corrected chi connectivity index (χ2v) is 5.19. The van der Waals surface area contributed by atoms with Gasteiger partial charge in [0.15, 0.2) is 0 Å². The van der Waals surface area contributed by atoms with Gasteiger partial charge in [-0.3, -0.25) is 0 Å². The second-order valence-electron chi connectivity index (χ2n) is 3.73. The molecule has 0 spiro atoms. The molecule has 0 saturated heterocycles. The summed E-state index contributed by atoms with van der Waals surface area (Å²) in [6.45, 7) is 0. The highest BCUT2D eigenvalue weighted by Crippen LogP contribution is 2.44. The van der Waals surface area contributed by atoms with Crippen molar-refractivity contribution < 1.29 is 0 Å². The summed E-state index contributed by atoms with van der Waals surface area (Å²) in [7, 11) is 0.